The molecule has 0 spiro atoms. The van der Waals surface area contributed by atoms with Crippen molar-refractivity contribution in [1.29, 1.82) is 0 Å². The third kappa shape index (κ3) is 8.69. The number of nitrogens with one attached hydrogen (secondary N) is 2. The highest BCUT2D eigenvalue weighted by molar-refractivity contribution is 7.90. The van der Waals surface area contributed by atoms with Crippen LogP contribution in [0.4, 0.5) is 0 Å². The van der Waals surface area contributed by atoms with Crippen molar-refractivity contribution in [2.75, 3.05) is 13.1 Å². The van der Waals surface area contributed by atoms with Gasteiger partial charge in [0.05, 0.1) is 14.7 Å². The Morgan fingerprint density at radius 1 is 0.561 bits per heavy atom. The third-order valence-electron chi connectivity index (χ3n) is 6.67. The Labute approximate surface area is 245 Å². The van der Waals surface area contributed by atoms with E-state index >= 15 is 0 Å². The molecule has 224 valence electrons. The lowest BCUT2D eigenvalue weighted by molar-refractivity contribution is 0.315. The Bertz CT molecular complexity index is 1640. The Hall–Kier alpha value is -2.61. The smallest absolute Gasteiger partial charge is 0.207 e. The molecule has 0 saturated heterocycles. The molecule has 0 aliphatic rings. The minimum Gasteiger partial charge on any atom is -0.207 e. The van der Waals surface area contributed by atoms with Gasteiger partial charge in [0.1, 0.15) is 0 Å². The number of hydrogen-bond donors (Lipinski definition) is 2. The minimum atomic E-state index is -4.13. The minimum absolute atomic E-state index is 0.0283. The fourth-order valence-corrected chi connectivity index (χ4v) is 8.28. The van der Waals surface area contributed by atoms with E-state index in [-0.39, 0.29) is 33.7 Å². The SMILES string of the molecule is Cc1ccc(S(=O)(=O)N[C@@H](C)CN(C[C@@H](NS(=O)(=O)c2ccc(C)cc2)C(C)C)S(=O)(=O)c2ccc(C)cc2)cc1. The lowest BCUT2D eigenvalue weighted by atomic mass is 10.1. The summed E-state index contributed by atoms with van der Waals surface area (Å²) in [6.07, 6.45) is 0. The van der Waals surface area contributed by atoms with E-state index < -0.39 is 42.2 Å². The zero-order valence-corrected chi connectivity index (χ0v) is 26.6. The number of rotatable bonds is 13. The zero-order chi connectivity index (χ0) is 30.6. The largest absolute Gasteiger partial charge is 0.243 e. The highest BCUT2D eigenvalue weighted by Gasteiger charge is 2.33. The van der Waals surface area contributed by atoms with Gasteiger partial charge in [-0.1, -0.05) is 66.9 Å². The van der Waals surface area contributed by atoms with Gasteiger partial charge < -0.3 is 0 Å². The average Bonchev–Trinajstić information content (AvgIpc) is 2.88. The standard InChI is InChI=1S/C29H39N3O6S3/c1-21(2)29(31-40(35,36)27-15-9-23(4)10-16-27)20-32(41(37,38)28-17-11-24(5)12-18-28)19-25(6)30-39(33,34)26-13-7-22(3)8-14-26/h7-18,21,25,29-31H,19-20H2,1-6H3/t25-,29+/m0/s1. The van der Waals surface area contributed by atoms with Crippen molar-refractivity contribution >= 4 is 30.1 Å². The molecule has 3 aromatic carbocycles. The normalized spacial score (nSPS) is 14.3. The maximum atomic E-state index is 13.9. The predicted molar refractivity (Wildman–Crippen MR) is 161 cm³/mol. The first kappa shape index (κ1) is 32.9. The van der Waals surface area contributed by atoms with Gasteiger partial charge in [0.15, 0.2) is 0 Å². The highest BCUT2D eigenvalue weighted by Crippen LogP contribution is 2.21. The number of aryl methyl sites for hydroxylation is 3. The van der Waals surface area contributed by atoms with E-state index in [2.05, 4.69) is 9.44 Å². The van der Waals surface area contributed by atoms with Gasteiger partial charge in [-0.05, 0) is 70.0 Å². The van der Waals surface area contributed by atoms with Crippen molar-refractivity contribution in [2.45, 2.75) is 68.3 Å². The second-order valence-electron chi connectivity index (χ2n) is 10.8. The van der Waals surface area contributed by atoms with Crippen LogP contribution in [0.5, 0.6) is 0 Å². The second kappa shape index (κ2) is 13.1. The van der Waals surface area contributed by atoms with Gasteiger partial charge in [-0.2, -0.15) is 4.31 Å². The Morgan fingerprint density at radius 2 is 0.927 bits per heavy atom. The van der Waals surface area contributed by atoms with Crippen LogP contribution < -0.4 is 9.44 Å². The van der Waals surface area contributed by atoms with Crippen molar-refractivity contribution in [3.05, 3.63) is 89.5 Å². The molecule has 2 atom stereocenters. The van der Waals surface area contributed by atoms with E-state index in [1.54, 1.807) is 57.2 Å². The molecule has 0 amide bonds. The highest BCUT2D eigenvalue weighted by atomic mass is 32.2. The van der Waals surface area contributed by atoms with E-state index in [0.29, 0.717) is 0 Å². The first-order valence-electron chi connectivity index (χ1n) is 13.3. The molecule has 0 fully saturated rings. The average molecular weight is 622 g/mol. The van der Waals surface area contributed by atoms with Gasteiger partial charge >= 0.3 is 0 Å². The molecular weight excluding hydrogens is 583 g/mol. The summed E-state index contributed by atoms with van der Waals surface area (Å²) in [5.74, 6) is -0.287. The van der Waals surface area contributed by atoms with Gasteiger partial charge in [-0.15, -0.1) is 0 Å². The van der Waals surface area contributed by atoms with Crippen LogP contribution in [0.15, 0.2) is 87.5 Å². The number of hydrogen-bond acceptors (Lipinski definition) is 6. The molecule has 3 rings (SSSR count). The van der Waals surface area contributed by atoms with E-state index in [9.17, 15) is 25.3 Å². The fraction of sp³-hybridized carbons (Fsp3) is 0.379. The van der Waals surface area contributed by atoms with Gasteiger partial charge in [-0.3, -0.25) is 0 Å². The van der Waals surface area contributed by atoms with Crippen LogP contribution >= 0.6 is 0 Å². The molecule has 0 aliphatic carbocycles. The van der Waals surface area contributed by atoms with Gasteiger partial charge in [0.2, 0.25) is 30.1 Å². The van der Waals surface area contributed by atoms with Crippen molar-refractivity contribution in [3.63, 3.8) is 0 Å². The van der Waals surface area contributed by atoms with Gasteiger partial charge in [0, 0.05) is 25.2 Å². The molecule has 0 radical (unpaired) electrons. The summed E-state index contributed by atoms with van der Waals surface area (Å²) < 4.78 is 86.6. The monoisotopic (exact) mass is 621 g/mol. The molecule has 0 aromatic heterocycles. The molecule has 0 heterocycles. The molecule has 0 aliphatic heterocycles. The number of benzene rings is 3. The number of nitrogens with zero attached hydrogens (tertiary/aromatic N) is 1. The summed E-state index contributed by atoms with van der Waals surface area (Å²) in [5, 5.41) is 0. The van der Waals surface area contributed by atoms with Crippen LogP contribution in [-0.4, -0.2) is 54.7 Å². The summed E-state index contributed by atoms with van der Waals surface area (Å²) in [5.41, 5.74) is 2.68. The molecule has 0 unspecified atom stereocenters. The number of sulfonamides is 3. The quantitative estimate of drug-likeness (QED) is 0.297. The fourth-order valence-electron chi connectivity index (χ4n) is 4.11. The van der Waals surface area contributed by atoms with Crippen LogP contribution in [0.3, 0.4) is 0 Å². The molecule has 0 bridgehead atoms. The summed E-state index contributed by atoms with van der Waals surface area (Å²) in [4.78, 5) is 0.162. The lowest BCUT2D eigenvalue weighted by Gasteiger charge is -2.31. The van der Waals surface area contributed by atoms with Crippen LogP contribution in [0.1, 0.15) is 37.5 Å². The van der Waals surface area contributed by atoms with Crippen molar-refractivity contribution < 1.29 is 25.3 Å². The van der Waals surface area contributed by atoms with Crippen molar-refractivity contribution in [2.24, 2.45) is 5.92 Å². The summed E-state index contributed by atoms with van der Waals surface area (Å²) in [6.45, 7) is 10.3. The lowest BCUT2D eigenvalue weighted by Crippen LogP contribution is -2.51. The van der Waals surface area contributed by atoms with E-state index in [4.69, 9.17) is 0 Å². The van der Waals surface area contributed by atoms with E-state index in [1.807, 2.05) is 20.8 Å². The summed E-state index contributed by atoms with van der Waals surface area (Å²) in [7, 11) is -12.0. The molecular formula is C29H39N3O6S3. The molecule has 0 saturated carbocycles. The third-order valence-corrected chi connectivity index (χ3v) is 11.6. The molecule has 3 aromatic rings. The first-order chi connectivity index (χ1) is 19.0. The van der Waals surface area contributed by atoms with Crippen LogP contribution in [0.25, 0.3) is 0 Å². The summed E-state index contributed by atoms with van der Waals surface area (Å²) in [6, 6.07) is 17.4. The van der Waals surface area contributed by atoms with Gasteiger partial charge in [-0.25, -0.2) is 34.7 Å². The van der Waals surface area contributed by atoms with Gasteiger partial charge in [0.25, 0.3) is 0 Å². The molecule has 12 heteroatoms. The predicted octanol–water partition coefficient (Wildman–Crippen LogP) is 3.97. The van der Waals surface area contributed by atoms with Crippen LogP contribution in [0, 0.1) is 26.7 Å². The van der Waals surface area contributed by atoms with Crippen LogP contribution in [0.2, 0.25) is 0 Å². The second-order valence-corrected chi connectivity index (χ2v) is 16.1. The molecule has 41 heavy (non-hydrogen) atoms. The first-order valence-corrected chi connectivity index (χ1v) is 17.7. The summed E-state index contributed by atoms with van der Waals surface area (Å²) >= 11 is 0. The topological polar surface area (TPSA) is 130 Å². The molecule has 2 N–H and O–H groups in total. The van der Waals surface area contributed by atoms with Crippen LogP contribution in [-0.2, 0) is 30.1 Å². The maximum Gasteiger partial charge on any atom is 0.243 e. The Kier molecular flexibility index (Phi) is 10.5. The zero-order valence-electron chi connectivity index (χ0n) is 24.2. The maximum absolute atomic E-state index is 13.9. The van der Waals surface area contributed by atoms with Crippen molar-refractivity contribution in [1.82, 2.24) is 13.7 Å². The Morgan fingerprint density at radius 3 is 1.32 bits per heavy atom. The van der Waals surface area contributed by atoms with E-state index in [1.165, 1.54) is 36.4 Å². The van der Waals surface area contributed by atoms with E-state index in [0.717, 1.165) is 21.0 Å². The Balaban J connectivity index is 1.93. The molecule has 9 nitrogen and oxygen atoms in total. The van der Waals surface area contributed by atoms with Crippen molar-refractivity contribution in [3.8, 4) is 0 Å².